The van der Waals surface area contributed by atoms with E-state index in [-0.39, 0.29) is 0 Å². The van der Waals surface area contributed by atoms with Gasteiger partial charge < -0.3 is 10.0 Å². The maximum Gasteiger partial charge on any atom is 0.303 e. The van der Waals surface area contributed by atoms with Gasteiger partial charge in [0.25, 0.3) is 0 Å². The largest absolute Gasteiger partial charge is 0.481 e. The van der Waals surface area contributed by atoms with Crippen molar-refractivity contribution in [3.05, 3.63) is 11.6 Å². The van der Waals surface area contributed by atoms with Crippen LogP contribution in [0.3, 0.4) is 0 Å². The minimum atomic E-state index is -0.690. The standard InChI is InChI=1S/C10H17NO2/c1-11-7-3-5-9(8-11)4-2-6-10(12)13/h5H,2-4,6-8H2,1H3,(H,12,13). The second-order valence-corrected chi connectivity index (χ2v) is 3.64. The predicted molar refractivity (Wildman–Crippen MR) is 51.7 cm³/mol. The molecular weight excluding hydrogens is 166 g/mol. The van der Waals surface area contributed by atoms with Crippen LogP contribution in [0.5, 0.6) is 0 Å². The Morgan fingerprint density at radius 2 is 2.46 bits per heavy atom. The van der Waals surface area contributed by atoms with E-state index in [1.807, 2.05) is 0 Å². The lowest BCUT2D eigenvalue weighted by Crippen LogP contribution is -2.25. The predicted octanol–water partition coefficient (Wildman–Crippen LogP) is 1.50. The highest BCUT2D eigenvalue weighted by atomic mass is 16.4. The van der Waals surface area contributed by atoms with Gasteiger partial charge in [-0.25, -0.2) is 0 Å². The van der Waals surface area contributed by atoms with Crippen molar-refractivity contribution in [2.75, 3.05) is 20.1 Å². The van der Waals surface area contributed by atoms with Crippen molar-refractivity contribution in [2.45, 2.75) is 25.7 Å². The van der Waals surface area contributed by atoms with E-state index >= 15 is 0 Å². The summed E-state index contributed by atoms with van der Waals surface area (Å²) in [5, 5.41) is 8.47. The van der Waals surface area contributed by atoms with Crippen molar-refractivity contribution in [3.63, 3.8) is 0 Å². The normalized spacial score (nSPS) is 18.4. The highest BCUT2D eigenvalue weighted by molar-refractivity contribution is 5.66. The third kappa shape index (κ3) is 4.08. The van der Waals surface area contributed by atoms with Crippen LogP contribution in [0.2, 0.25) is 0 Å². The zero-order valence-electron chi connectivity index (χ0n) is 8.12. The quantitative estimate of drug-likeness (QED) is 0.671. The average molecular weight is 183 g/mol. The van der Waals surface area contributed by atoms with Crippen LogP contribution in [0.15, 0.2) is 11.6 Å². The Bertz CT molecular complexity index is 211. The molecule has 0 aliphatic carbocycles. The molecule has 0 unspecified atom stereocenters. The van der Waals surface area contributed by atoms with Crippen molar-refractivity contribution in [1.82, 2.24) is 4.90 Å². The van der Waals surface area contributed by atoms with Crippen molar-refractivity contribution < 1.29 is 9.90 Å². The minimum absolute atomic E-state index is 0.293. The first-order chi connectivity index (χ1) is 6.18. The summed E-state index contributed by atoms with van der Waals surface area (Å²) in [6, 6.07) is 0. The molecule has 3 heteroatoms. The van der Waals surface area contributed by atoms with Gasteiger partial charge in [-0.1, -0.05) is 11.6 Å². The summed E-state index contributed by atoms with van der Waals surface area (Å²) < 4.78 is 0. The summed E-state index contributed by atoms with van der Waals surface area (Å²) >= 11 is 0. The highest BCUT2D eigenvalue weighted by Crippen LogP contribution is 2.14. The number of hydrogen-bond donors (Lipinski definition) is 1. The van der Waals surface area contributed by atoms with Gasteiger partial charge >= 0.3 is 5.97 Å². The molecule has 1 aliphatic heterocycles. The third-order valence-electron chi connectivity index (χ3n) is 2.31. The van der Waals surface area contributed by atoms with Crippen molar-refractivity contribution in [3.8, 4) is 0 Å². The summed E-state index contributed by atoms with van der Waals surface area (Å²) in [5.74, 6) is -0.690. The van der Waals surface area contributed by atoms with Crippen LogP contribution in [-0.4, -0.2) is 36.1 Å². The van der Waals surface area contributed by atoms with Crippen LogP contribution in [0.4, 0.5) is 0 Å². The van der Waals surface area contributed by atoms with E-state index in [1.165, 1.54) is 5.57 Å². The molecule has 3 nitrogen and oxygen atoms in total. The number of carboxylic acid groups (broad SMARTS) is 1. The van der Waals surface area contributed by atoms with Crippen LogP contribution in [-0.2, 0) is 4.79 Å². The fourth-order valence-corrected chi connectivity index (χ4v) is 1.63. The van der Waals surface area contributed by atoms with Crippen LogP contribution in [0.1, 0.15) is 25.7 Å². The minimum Gasteiger partial charge on any atom is -0.481 e. The zero-order valence-corrected chi connectivity index (χ0v) is 8.12. The summed E-state index contributed by atoms with van der Waals surface area (Å²) in [6.07, 6.45) is 5.37. The van der Waals surface area contributed by atoms with E-state index in [0.717, 1.165) is 32.4 Å². The Morgan fingerprint density at radius 1 is 1.69 bits per heavy atom. The van der Waals surface area contributed by atoms with Gasteiger partial charge in [0.2, 0.25) is 0 Å². The molecule has 0 spiro atoms. The van der Waals surface area contributed by atoms with Gasteiger partial charge in [0, 0.05) is 19.5 Å². The van der Waals surface area contributed by atoms with Gasteiger partial charge in [0.05, 0.1) is 0 Å². The van der Waals surface area contributed by atoms with E-state index in [2.05, 4.69) is 18.0 Å². The van der Waals surface area contributed by atoms with Gasteiger partial charge in [0.1, 0.15) is 0 Å². The molecule has 0 aromatic carbocycles. The first-order valence-corrected chi connectivity index (χ1v) is 4.76. The Morgan fingerprint density at radius 3 is 3.08 bits per heavy atom. The average Bonchev–Trinajstić information content (AvgIpc) is 2.03. The molecule has 0 amide bonds. The smallest absolute Gasteiger partial charge is 0.303 e. The first kappa shape index (κ1) is 10.3. The highest BCUT2D eigenvalue weighted by Gasteiger charge is 2.08. The van der Waals surface area contributed by atoms with Gasteiger partial charge in [-0.05, 0) is 26.3 Å². The van der Waals surface area contributed by atoms with E-state index in [1.54, 1.807) is 0 Å². The van der Waals surface area contributed by atoms with Crippen molar-refractivity contribution in [1.29, 1.82) is 0 Å². The molecule has 0 bridgehead atoms. The molecule has 0 fully saturated rings. The monoisotopic (exact) mass is 183 g/mol. The second kappa shape index (κ2) is 5.02. The molecule has 1 aliphatic rings. The SMILES string of the molecule is CN1CCC=C(CCCC(=O)O)C1. The van der Waals surface area contributed by atoms with Crippen LogP contribution >= 0.6 is 0 Å². The lowest BCUT2D eigenvalue weighted by Gasteiger charge is -2.22. The number of aliphatic carboxylic acids is 1. The molecule has 0 atom stereocenters. The summed E-state index contributed by atoms with van der Waals surface area (Å²) in [7, 11) is 2.10. The molecule has 13 heavy (non-hydrogen) atoms. The fraction of sp³-hybridized carbons (Fsp3) is 0.700. The molecule has 0 radical (unpaired) electrons. The number of nitrogens with zero attached hydrogens (tertiary/aromatic N) is 1. The Balaban J connectivity index is 2.21. The number of hydrogen-bond acceptors (Lipinski definition) is 2. The van der Waals surface area contributed by atoms with Crippen LogP contribution in [0, 0.1) is 0 Å². The lowest BCUT2D eigenvalue weighted by molar-refractivity contribution is -0.137. The van der Waals surface area contributed by atoms with Gasteiger partial charge in [0.15, 0.2) is 0 Å². The van der Waals surface area contributed by atoms with E-state index in [9.17, 15) is 4.79 Å². The Hall–Kier alpha value is -0.830. The molecule has 1 N–H and O–H groups in total. The third-order valence-corrected chi connectivity index (χ3v) is 2.31. The Kier molecular flexibility index (Phi) is 3.96. The van der Waals surface area contributed by atoms with Crippen molar-refractivity contribution in [2.24, 2.45) is 0 Å². The molecule has 1 rings (SSSR count). The molecule has 0 aromatic rings. The Labute approximate surface area is 79.0 Å². The topological polar surface area (TPSA) is 40.5 Å². The van der Waals surface area contributed by atoms with Crippen LogP contribution in [0.25, 0.3) is 0 Å². The molecule has 74 valence electrons. The molecule has 0 aromatic heterocycles. The summed E-state index contributed by atoms with van der Waals surface area (Å²) in [4.78, 5) is 12.5. The molecular formula is C10H17NO2. The van der Waals surface area contributed by atoms with Crippen LogP contribution < -0.4 is 0 Å². The van der Waals surface area contributed by atoms with E-state index in [0.29, 0.717) is 6.42 Å². The van der Waals surface area contributed by atoms with E-state index in [4.69, 9.17) is 5.11 Å². The first-order valence-electron chi connectivity index (χ1n) is 4.76. The summed E-state index contributed by atoms with van der Waals surface area (Å²) in [6.45, 7) is 2.14. The van der Waals surface area contributed by atoms with Crippen molar-refractivity contribution >= 4 is 5.97 Å². The molecule has 0 saturated carbocycles. The van der Waals surface area contributed by atoms with E-state index < -0.39 is 5.97 Å². The maximum atomic E-state index is 10.3. The van der Waals surface area contributed by atoms with Gasteiger partial charge in [-0.15, -0.1) is 0 Å². The van der Waals surface area contributed by atoms with Gasteiger partial charge in [-0.2, -0.15) is 0 Å². The zero-order chi connectivity index (χ0) is 9.68. The summed E-state index contributed by atoms with van der Waals surface area (Å²) in [5.41, 5.74) is 1.40. The number of carboxylic acids is 1. The number of likely N-dealkylation sites (N-methyl/N-ethyl adjacent to an activating group) is 1. The van der Waals surface area contributed by atoms with Gasteiger partial charge in [-0.3, -0.25) is 4.79 Å². The fourth-order valence-electron chi connectivity index (χ4n) is 1.63. The maximum absolute atomic E-state index is 10.3. The molecule has 1 heterocycles. The number of carbonyl (C=O) groups is 1. The number of rotatable bonds is 4. The second-order valence-electron chi connectivity index (χ2n) is 3.64. The lowest BCUT2D eigenvalue weighted by atomic mass is 10.0. The molecule has 0 saturated heterocycles.